The average molecular weight is 703 g/mol. The Kier molecular flexibility index (Phi) is 10.0. The topological polar surface area (TPSA) is 44.9 Å². The second-order valence-corrected chi connectivity index (χ2v) is 17.1. The van der Waals surface area contributed by atoms with Crippen LogP contribution >= 0.6 is 0 Å². The van der Waals surface area contributed by atoms with E-state index in [1.807, 2.05) is 29.1 Å². The molecule has 7 rings (SSSR count). The van der Waals surface area contributed by atoms with Crippen LogP contribution in [0.4, 0.5) is 0 Å². The number of aromatic nitrogens is 4. The van der Waals surface area contributed by atoms with Crippen LogP contribution in [-0.2, 0) is 12.8 Å². The zero-order chi connectivity index (χ0) is 37.3. The molecule has 5 heteroatoms. The number of fused-ring (bicyclic) bond motifs is 3. The molecule has 272 valence electrons. The van der Waals surface area contributed by atoms with E-state index < -0.39 is 0 Å². The van der Waals surface area contributed by atoms with Crippen molar-refractivity contribution in [3.8, 4) is 34.1 Å². The predicted molar refractivity (Wildman–Crippen MR) is 222 cm³/mol. The molecule has 0 aliphatic rings. The molecule has 0 saturated carbocycles. The van der Waals surface area contributed by atoms with Crippen molar-refractivity contribution in [3.05, 3.63) is 132 Å². The lowest BCUT2D eigenvalue weighted by Crippen LogP contribution is -2.07. The average Bonchev–Trinajstić information content (AvgIpc) is 3.61. The number of benzene rings is 4. The SMILES string of the molecule is Cc1nn(-c2cccc(Oc3ccc4c5cc(CCCCC(C)(C)C)ccc5n(-c5cc(CCC(C)(C)C)ccn5)c4c3)c2)c(C)c1-c1ccccc1. The van der Waals surface area contributed by atoms with Crippen molar-refractivity contribution < 1.29 is 4.74 Å². The summed E-state index contributed by atoms with van der Waals surface area (Å²) in [5.41, 5.74) is 11.0. The number of pyridine rings is 1. The summed E-state index contributed by atoms with van der Waals surface area (Å²) in [7, 11) is 0. The monoisotopic (exact) mass is 702 g/mol. The molecule has 0 atom stereocenters. The summed E-state index contributed by atoms with van der Waals surface area (Å²) >= 11 is 0. The minimum Gasteiger partial charge on any atom is -0.457 e. The van der Waals surface area contributed by atoms with E-state index in [0.717, 1.165) is 64.7 Å². The summed E-state index contributed by atoms with van der Waals surface area (Å²) in [5, 5.41) is 7.40. The fourth-order valence-electron chi connectivity index (χ4n) is 7.49. The van der Waals surface area contributed by atoms with Crippen LogP contribution in [0.25, 0.3) is 44.4 Å². The molecule has 53 heavy (non-hydrogen) atoms. The van der Waals surface area contributed by atoms with Gasteiger partial charge in [-0.1, -0.05) is 90.4 Å². The molecule has 0 unspecified atom stereocenters. The van der Waals surface area contributed by atoms with Gasteiger partial charge < -0.3 is 4.74 Å². The summed E-state index contributed by atoms with van der Waals surface area (Å²) in [6.07, 6.45) is 8.85. The van der Waals surface area contributed by atoms with Crippen LogP contribution in [0.2, 0.25) is 0 Å². The molecule has 0 spiro atoms. The molecule has 0 fully saturated rings. The Morgan fingerprint density at radius 1 is 0.623 bits per heavy atom. The largest absolute Gasteiger partial charge is 0.457 e. The molecule has 7 aromatic rings. The summed E-state index contributed by atoms with van der Waals surface area (Å²) in [6.45, 7) is 18.1. The minimum absolute atomic E-state index is 0.266. The number of hydrogen-bond donors (Lipinski definition) is 0. The summed E-state index contributed by atoms with van der Waals surface area (Å²) < 4.78 is 11.0. The van der Waals surface area contributed by atoms with E-state index in [9.17, 15) is 0 Å². The highest BCUT2D eigenvalue weighted by Crippen LogP contribution is 2.37. The Hall–Kier alpha value is -5.16. The first-order chi connectivity index (χ1) is 25.3. The molecule has 0 aliphatic carbocycles. The van der Waals surface area contributed by atoms with E-state index in [4.69, 9.17) is 14.8 Å². The van der Waals surface area contributed by atoms with Gasteiger partial charge in [-0.3, -0.25) is 4.57 Å². The fourth-order valence-corrected chi connectivity index (χ4v) is 7.49. The predicted octanol–water partition coefficient (Wildman–Crippen LogP) is 13.2. The standard InChI is InChI=1S/C48H54N4O/c1-33-46(37-16-10-9-11-17-37)34(2)52(50-33)38-18-14-19-39(31-38)53-40-21-22-41-42-29-35(15-12-13-26-47(3,4)5)20-23-43(42)51(44(41)32-40)45-30-36(25-28-49-45)24-27-48(6,7)8/h9-11,14,16-23,25,28-32H,12-13,15,24,26-27H2,1-8H3. The first-order valence-electron chi connectivity index (χ1n) is 19.3. The van der Waals surface area contributed by atoms with Gasteiger partial charge in [0.1, 0.15) is 17.3 Å². The van der Waals surface area contributed by atoms with Gasteiger partial charge in [0.25, 0.3) is 0 Å². The van der Waals surface area contributed by atoms with Crippen molar-refractivity contribution in [3.63, 3.8) is 0 Å². The van der Waals surface area contributed by atoms with Crippen molar-refractivity contribution in [2.24, 2.45) is 10.8 Å². The number of hydrogen-bond acceptors (Lipinski definition) is 3. The van der Waals surface area contributed by atoms with E-state index in [1.165, 1.54) is 52.3 Å². The maximum Gasteiger partial charge on any atom is 0.137 e. The van der Waals surface area contributed by atoms with E-state index >= 15 is 0 Å². The van der Waals surface area contributed by atoms with Crippen molar-refractivity contribution in [1.82, 2.24) is 19.3 Å². The van der Waals surface area contributed by atoms with E-state index in [2.05, 4.69) is 145 Å². The molecule has 0 bridgehead atoms. The highest BCUT2D eigenvalue weighted by Gasteiger charge is 2.18. The summed E-state index contributed by atoms with van der Waals surface area (Å²) in [5.74, 6) is 2.48. The Morgan fingerprint density at radius 2 is 1.38 bits per heavy atom. The lowest BCUT2D eigenvalue weighted by Gasteiger charge is -2.18. The van der Waals surface area contributed by atoms with Gasteiger partial charge >= 0.3 is 0 Å². The maximum atomic E-state index is 6.64. The number of nitrogens with zero attached hydrogens (tertiary/aromatic N) is 4. The molecule has 0 N–H and O–H groups in total. The Labute approximate surface area is 315 Å². The van der Waals surface area contributed by atoms with Gasteiger partial charge in [0.05, 0.1) is 22.4 Å². The highest BCUT2D eigenvalue weighted by atomic mass is 16.5. The first kappa shape index (κ1) is 36.2. The molecule has 0 aliphatic heterocycles. The summed E-state index contributed by atoms with van der Waals surface area (Å²) in [6, 6.07) is 36.6. The minimum atomic E-state index is 0.266. The highest BCUT2D eigenvalue weighted by molar-refractivity contribution is 6.09. The van der Waals surface area contributed by atoms with Crippen LogP contribution in [-0.4, -0.2) is 19.3 Å². The fraction of sp³-hybridized carbons (Fsp3) is 0.333. The Morgan fingerprint density at radius 3 is 2.15 bits per heavy atom. The van der Waals surface area contributed by atoms with Gasteiger partial charge in [0.15, 0.2) is 0 Å². The van der Waals surface area contributed by atoms with Gasteiger partial charge in [-0.05, 0) is 122 Å². The third-order valence-electron chi connectivity index (χ3n) is 10.3. The molecule has 4 aromatic carbocycles. The lowest BCUT2D eigenvalue weighted by atomic mass is 9.89. The molecule has 3 aromatic heterocycles. The quantitative estimate of drug-likeness (QED) is 0.126. The summed E-state index contributed by atoms with van der Waals surface area (Å²) in [4.78, 5) is 4.94. The van der Waals surface area contributed by atoms with Gasteiger partial charge in [-0.2, -0.15) is 5.10 Å². The van der Waals surface area contributed by atoms with E-state index in [1.54, 1.807) is 0 Å². The van der Waals surface area contributed by atoms with E-state index in [-0.39, 0.29) is 5.41 Å². The molecule has 0 amide bonds. The second kappa shape index (κ2) is 14.7. The van der Waals surface area contributed by atoms with Crippen molar-refractivity contribution in [2.45, 2.75) is 93.9 Å². The smallest absolute Gasteiger partial charge is 0.137 e. The Balaban J connectivity index is 1.25. The number of unbranched alkanes of at least 4 members (excludes halogenated alkanes) is 1. The third-order valence-corrected chi connectivity index (χ3v) is 10.3. The van der Waals surface area contributed by atoms with E-state index in [0.29, 0.717) is 5.41 Å². The number of aryl methyl sites for hydroxylation is 3. The van der Waals surface area contributed by atoms with Crippen molar-refractivity contribution in [2.75, 3.05) is 0 Å². The normalized spacial score (nSPS) is 12.2. The molecular formula is C48H54N4O. The van der Waals surface area contributed by atoms with Crippen LogP contribution < -0.4 is 4.74 Å². The first-order valence-corrected chi connectivity index (χ1v) is 19.3. The number of ether oxygens (including phenoxy) is 1. The van der Waals surface area contributed by atoms with Gasteiger partial charge in [-0.25, -0.2) is 9.67 Å². The second-order valence-electron chi connectivity index (χ2n) is 17.1. The van der Waals surface area contributed by atoms with Gasteiger partial charge in [0, 0.05) is 40.4 Å². The maximum absolute atomic E-state index is 6.64. The molecule has 0 saturated heterocycles. The van der Waals surface area contributed by atoms with Crippen LogP contribution in [0.3, 0.4) is 0 Å². The number of rotatable bonds is 11. The van der Waals surface area contributed by atoms with Crippen LogP contribution in [0.5, 0.6) is 11.5 Å². The Bertz CT molecular complexity index is 2370. The third kappa shape index (κ3) is 8.25. The molecule has 5 nitrogen and oxygen atoms in total. The lowest BCUT2D eigenvalue weighted by molar-refractivity contribution is 0.360. The molecule has 3 heterocycles. The molecular weight excluding hydrogens is 649 g/mol. The van der Waals surface area contributed by atoms with Gasteiger partial charge in [0.2, 0.25) is 0 Å². The van der Waals surface area contributed by atoms with Crippen molar-refractivity contribution in [1.29, 1.82) is 0 Å². The van der Waals surface area contributed by atoms with Crippen LogP contribution in [0.1, 0.15) is 89.7 Å². The van der Waals surface area contributed by atoms with Crippen LogP contribution in [0.15, 0.2) is 109 Å². The van der Waals surface area contributed by atoms with Crippen molar-refractivity contribution >= 4 is 21.8 Å². The molecule has 0 radical (unpaired) electrons. The zero-order valence-corrected chi connectivity index (χ0v) is 32.8. The van der Waals surface area contributed by atoms with Crippen LogP contribution in [0, 0.1) is 24.7 Å². The zero-order valence-electron chi connectivity index (χ0n) is 32.8. The van der Waals surface area contributed by atoms with Gasteiger partial charge in [-0.15, -0.1) is 0 Å².